The second-order valence-electron chi connectivity index (χ2n) is 8.18. The van der Waals surface area contributed by atoms with Crippen LogP contribution in [0.25, 0.3) is 10.2 Å². The van der Waals surface area contributed by atoms with Crippen LogP contribution in [-0.2, 0) is 21.4 Å². The molecular formula is C24H28N2O4S. The summed E-state index contributed by atoms with van der Waals surface area (Å²) in [5.74, 6) is -0.668. The van der Waals surface area contributed by atoms with E-state index in [0.29, 0.717) is 35.7 Å². The Bertz CT molecular complexity index is 1150. The molecule has 0 aliphatic carbocycles. The number of carbonyl (C=O) groups is 2. The molecule has 3 rings (SSSR count). The molecular weight excluding hydrogens is 412 g/mol. The first-order valence-corrected chi connectivity index (χ1v) is 11.0. The monoisotopic (exact) mass is 440 g/mol. The van der Waals surface area contributed by atoms with Crippen molar-refractivity contribution in [3.63, 3.8) is 0 Å². The van der Waals surface area contributed by atoms with Gasteiger partial charge in [-0.05, 0) is 48.2 Å². The molecule has 0 bridgehead atoms. The summed E-state index contributed by atoms with van der Waals surface area (Å²) in [6, 6.07) is 12.9. The van der Waals surface area contributed by atoms with E-state index >= 15 is 0 Å². The van der Waals surface area contributed by atoms with Gasteiger partial charge in [-0.2, -0.15) is 4.99 Å². The molecule has 0 radical (unpaired) electrons. The van der Waals surface area contributed by atoms with Crippen LogP contribution in [-0.4, -0.2) is 36.8 Å². The highest BCUT2D eigenvalue weighted by molar-refractivity contribution is 7.16. The number of esters is 1. The van der Waals surface area contributed by atoms with E-state index in [1.54, 1.807) is 26.2 Å². The summed E-state index contributed by atoms with van der Waals surface area (Å²) in [5, 5.41) is 0. The van der Waals surface area contributed by atoms with E-state index < -0.39 is 0 Å². The van der Waals surface area contributed by atoms with E-state index in [2.05, 4.69) is 25.8 Å². The smallest absolute Gasteiger partial charge is 0.338 e. The number of hydrogen-bond acceptors (Lipinski definition) is 5. The van der Waals surface area contributed by atoms with Gasteiger partial charge in [-0.15, -0.1) is 0 Å². The molecule has 164 valence electrons. The second-order valence-corrected chi connectivity index (χ2v) is 9.19. The molecule has 0 fully saturated rings. The van der Waals surface area contributed by atoms with Crippen LogP contribution in [0.1, 0.15) is 54.0 Å². The Balaban J connectivity index is 2.03. The van der Waals surface area contributed by atoms with Gasteiger partial charge in [0.05, 0.1) is 29.0 Å². The van der Waals surface area contributed by atoms with Crippen molar-refractivity contribution >= 4 is 33.4 Å². The van der Waals surface area contributed by atoms with Crippen molar-refractivity contribution in [3.8, 4) is 0 Å². The number of carbonyl (C=O) groups excluding carboxylic acids is 2. The van der Waals surface area contributed by atoms with Crippen LogP contribution in [0.2, 0.25) is 0 Å². The van der Waals surface area contributed by atoms with Gasteiger partial charge in [0.15, 0.2) is 4.80 Å². The molecule has 0 unspecified atom stereocenters. The number of hydrogen-bond donors (Lipinski definition) is 0. The maximum absolute atomic E-state index is 12.9. The van der Waals surface area contributed by atoms with Crippen LogP contribution in [0.5, 0.6) is 0 Å². The van der Waals surface area contributed by atoms with Crippen molar-refractivity contribution in [1.82, 2.24) is 4.57 Å². The SMILES string of the molecule is CCOC(=O)c1ccc2c(c1)sc(=NC(=O)c1ccc(C(C)(C)C)cc1)n2CCOC. The summed E-state index contributed by atoms with van der Waals surface area (Å²) in [7, 11) is 1.63. The third-order valence-electron chi connectivity index (χ3n) is 4.91. The minimum atomic E-state index is -0.366. The van der Waals surface area contributed by atoms with Gasteiger partial charge < -0.3 is 14.0 Å². The van der Waals surface area contributed by atoms with Gasteiger partial charge in [0.25, 0.3) is 5.91 Å². The number of fused-ring (bicyclic) bond motifs is 1. The molecule has 7 heteroatoms. The first kappa shape index (κ1) is 22.9. The molecule has 6 nitrogen and oxygen atoms in total. The van der Waals surface area contributed by atoms with Crippen molar-refractivity contribution in [2.24, 2.45) is 4.99 Å². The molecule has 0 aliphatic heterocycles. The quantitative estimate of drug-likeness (QED) is 0.527. The van der Waals surface area contributed by atoms with Crippen molar-refractivity contribution in [2.75, 3.05) is 20.3 Å². The highest BCUT2D eigenvalue weighted by Crippen LogP contribution is 2.23. The molecule has 0 N–H and O–H groups in total. The molecule has 0 aliphatic rings. The first-order valence-electron chi connectivity index (χ1n) is 10.2. The normalized spacial score (nSPS) is 12.4. The molecule has 2 aromatic carbocycles. The summed E-state index contributed by atoms with van der Waals surface area (Å²) in [6.07, 6.45) is 0. The number of benzene rings is 2. The van der Waals surface area contributed by atoms with Crippen LogP contribution in [0.15, 0.2) is 47.5 Å². The summed E-state index contributed by atoms with van der Waals surface area (Å²) >= 11 is 1.37. The van der Waals surface area contributed by atoms with E-state index in [4.69, 9.17) is 9.47 Å². The standard InChI is InChI=1S/C24H28N2O4S/c1-6-30-22(28)17-9-12-19-20(15-17)31-23(26(19)13-14-29-5)25-21(27)16-7-10-18(11-8-16)24(2,3)4/h7-12,15H,6,13-14H2,1-5H3. The third kappa shape index (κ3) is 5.29. The fraction of sp³-hybridized carbons (Fsp3) is 0.375. The number of nitrogens with zero attached hydrogens (tertiary/aromatic N) is 2. The average molecular weight is 441 g/mol. The summed E-state index contributed by atoms with van der Waals surface area (Å²) in [6.45, 7) is 9.52. The van der Waals surface area contributed by atoms with Gasteiger partial charge in [-0.25, -0.2) is 4.79 Å². The molecule has 0 saturated heterocycles. The number of methoxy groups -OCH3 is 1. The Labute approximate surface area is 186 Å². The second kappa shape index (κ2) is 9.58. The molecule has 1 amide bonds. The lowest BCUT2D eigenvalue weighted by atomic mass is 9.87. The fourth-order valence-electron chi connectivity index (χ4n) is 3.16. The fourth-order valence-corrected chi connectivity index (χ4v) is 4.26. The molecule has 1 aromatic heterocycles. The van der Waals surface area contributed by atoms with Crippen LogP contribution in [0, 0.1) is 0 Å². The molecule has 0 spiro atoms. The van der Waals surface area contributed by atoms with Crippen molar-refractivity contribution in [1.29, 1.82) is 0 Å². The van der Waals surface area contributed by atoms with Gasteiger partial charge in [-0.3, -0.25) is 4.79 Å². The predicted molar refractivity (Wildman–Crippen MR) is 123 cm³/mol. The van der Waals surface area contributed by atoms with Crippen LogP contribution < -0.4 is 4.80 Å². The Morgan fingerprint density at radius 3 is 2.35 bits per heavy atom. The van der Waals surface area contributed by atoms with E-state index in [9.17, 15) is 9.59 Å². The number of thiazole rings is 1. The molecule has 0 saturated carbocycles. The van der Waals surface area contributed by atoms with Gasteiger partial charge >= 0.3 is 5.97 Å². The molecule has 0 atom stereocenters. The average Bonchev–Trinajstić information content (AvgIpc) is 3.07. The summed E-state index contributed by atoms with van der Waals surface area (Å²) < 4.78 is 13.1. The van der Waals surface area contributed by atoms with E-state index in [0.717, 1.165) is 15.8 Å². The zero-order valence-corrected chi connectivity index (χ0v) is 19.4. The van der Waals surface area contributed by atoms with Crippen molar-refractivity contribution in [2.45, 2.75) is 39.7 Å². The van der Waals surface area contributed by atoms with Gasteiger partial charge in [-0.1, -0.05) is 44.2 Å². The number of ether oxygens (including phenoxy) is 2. The van der Waals surface area contributed by atoms with E-state index in [1.807, 2.05) is 34.9 Å². The highest BCUT2D eigenvalue weighted by atomic mass is 32.1. The lowest BCUT2D eigenvalue weighted by Crippen LogP contribution is -2.19. The molecule has 3 aromatic rings. The largest absolute Gasteiger partial charge is 0.462 e. The molecule has 31 heavy (non-hydrogen) atoms. The van der Waals surface area contributed by atoms with E-state index in [1.165, 1.54) is 11.3 Å². The minimum absolute atomic E-state index is 0.0179. The van der Waals surface area contributed by atoms with Crippen molar-refractivity contribution in [3.05, 3.63) is 64.0 Å². The Morgan fingerprint density at radius 2 is 1.74 bits per heavy atom. The van der Waals surface area contributed by atoms with Crippen LogP contribution in [0.3, 0.4) is 0 Å². The zero-order chi connectivity index (χ0) is 22.6. The minimum Gasteiger partial charge on any atom is -0.462 e. The topological polar surface area (TPSA) is 69.9 Å². The Hall–Kier alpha value is -2.77. The predicted octanol–water partition coefficient (Wildman–Crippen LogP) is 4.56. The summed E-state index contributed by atoms with van der Waals surface area (Å²) in [4.78, 5) is 29.9. The maximum atomic E-state index is 12.9. The third-order valence-corrected chi connectivity index (χ3v) is 5.95. The first-order chi connectivity index (χ1) is 14.7. The van der Waals surface area contributed by atoms with Gasteiger partial charge in [0.1, 0.15) is 0 Å². The van der Waals surface area contributed by atoms with Gasteiger partial charge in [0.2, 0.25) is 0 Å². The van der Waals surface area contributed by atoms with Crippen molar-refractivity contribution < 1.29 is 19.1 Å². The summed E-state index contributed by atoms with van der Waals surface area (Å²) in [5.41, 5.74) is 3.09. The maximum Gasteiger partial charge on any atom is 0.338 e. The number of aromatic nitrogens is 1. The highest BCUT2D eigenvalue weighted by Gasteiger charge is 2.15. The lowest BCUT2D eigenvalue weighted by molar-refractivity contribution is 0.0526. The Morgan fingerprint density at radius 1 is 1.06 bits per heavy atom. The number of amides is 1. The van der Waals surface area contributed by atoms with Gasteiger partial charge in [0, 0.05) is 19.2 Å². The Kier molecular flexibility index (Phi) is 7.08. The van der Waals surface area contributed by atoms with Crippen LogP contribution in [0.4, 0.5) is 0 Å². The number of rotatable bonds is 6. The van der Waals surface area contributed by atoms with Crippen LogP contribution >= 0.6 is 11.3 Å². The zero-order valence-electron chi connectivity index (χ0n) is 18.6. The lowest BCUT2D eigenvalue weighted by Gasteiger charge is -2.18. The molecule has 1 heterocycles. The van der Waals surface area contributed by atoms with E-state index in [-0.39, 0.29) is 17.3 Å².